The van der Waals surface area contributed by atoms with Crippen molar-refractivity contribution in [3.05, 3.63) is 0 Å². The van der Waals surface area contributed by atoms with Crippen LogP contribution in [0.4, 0.5) is 0 Å². The van der Waals surface area contributed by atoms with Crippen molar-refractivity contribution in [3.63, 3.8) is 0 Å². The zero-order valence-corrected chi connectivity index (χ0v) is 9.84. The third kappa shape index (κ3) is 2.39. The molecule has 15 heavy (non-hydrogen) atoms. The van der Waals surface area contributed by atoms with Crippen LogP contribution >= 0.6 is 0 Å². The van der Waals surface area contributed by atoms with E-state index in [1.54, 1.807) is 0 Å². The van der Waals surface area contributed by atoms with Gasteiger partial charge in [0.05, 0.1) is 12.0 Å². The van der Waals surface area contributed by atoms with Gasteiger partial charge in [-0.3, -0.25) is 9.59 Å². The van der Waals surface area contributed by atoms with Gasteiger partial charge in [0.2, 0.25) is 0 Å². The highest BCUT2D eigenvalue weighted by Crippen LogP contribution is 2.42. The second kappa shape index (κ2) is 4.77. The van der Waals surface area contributed by atoms with Gasteiger partial charge in [-0.05, 0) is 25.7 Å². The first-order valence-corrected chi connectivity index (χ1v) is 5.72. The fourth-order valence-electron chi connectivity index (χ4n) is 2.27. The van der Waals surface area contributed by atoms with Gasteiger partial charge >= 0.3 is 5.97 Å². The Morgan fingerprint density at radius 2 is 1.93 bits per heavy atom. The smallest absolute Gasteiger partial charge is 0.312 e. The zero-order valence-electron chi connectivity index (χ0n) is 9.84. The first-order chi connectivity index (χ1) is 7.03. The van der Waals surface area contributed by atoms with Crippen molar-refractivity contribution < 1.29 is 14.3 Å². The molecule has 1 saturated carbocycles. The van der Waals surface area contributed by atoms with Gasteiger partial charge in [0, 0.05) is 12.8 Å². The lowest BCUT2D eigenvalue weighted by Crippen LogP contribution is -2.41. The Morgan fingerprint density at radius 3 is 2.33 bits per heavy atom. The highest BCUT2D eigenvalue weighted by molar-refractivity contribution is 5.84. The van der Waals surface area contributed by atoms with E-state index in [1.165, 1.54) is 0 Å². The molecule has 0 unspecified atom stereocenters. The monoisotopic (exact) mass is 212 g/mol. The minimum absolute atomic E-state index is 0.118. The van der Waals surface area contributed by atoms with E-state index in [-0.39, 0.29) is 17.7 Å². The molecule has 3 heteroatoms. The van der Waals surface area contributed by atoms with Gasteiger partial charge < -0.3 is 4.74 Å². The summed E-state index contributed by atoms with van der Waals surface area (Å²) in [6.07, 6.45) is 2.36. The molecular formula is C12H20O3. The molecule has 0 amide bonds. The van der Waals surface area contributed by atoms with Gasteiger partial charge in [-0.2, -0.15) is 0 Å². The number of esters is 1. The average Bonchev–Trinajstić information content (AvgIpc) is 2.19. The van der Waals surface area contributed by atoms with Crippen LogP contribution in [0.5, 0.6) is 0 Å². The summed E-state index contributed by atoms with van der Waals surface area (Å²) in [6, 6.07) is 0. The summed E-state index contributed by atoms with van der Waals surface area (Å²) in [4.78, 5) is 23.1. The maximum Gasteiger partial charge on any atom is 0.312 e. The Labute approximate surface area is 91.2 Å². The van der Waals surface area contributed by atoms with Gasteiger partial charge in [0.1, 0.15) is 5.78 Å². The van der Waals surface area contributed by atoms with E-state index in [9.17, 15) is 9.59 Å². The quantitative estimate of drug-likeness (QED) is 0.674. The third-order valence-electron chi connectivity index (χ3n) is 3.49. The molecule has 0 atom stereocenters. The minimum atomic E-state index is -0.413. The molecular weight excluding hydrogens is 192 g/mol. The lowest BCUT2D eigenvalue weighted by molar-refractivity contribution is -0.161. The molecule has 3 nitrogen and oxygen atoms in total. The topological polar surface area (TPSA) is 43.4 Å². The molecule has 1 aliphatic carbocycles. The van der Waals surface area contributed by atoms with Crippen molar-refractivity contribution in [1.82, 2.24) is 0 Å². The van der Waals surface area contributed by atoms with Gasteiger partial charge in [0.15, 0.2) is 0 Å². The van der Waals surface area contributed by atoms with Crippen LogP contribution in [-0.4, -0.2) is 18.4 Å². The number of carbonyl (C=O) groups excluding carboxylic acids is 2. The van der Waals surface area contributed by atoms with Crippen LogP contribution in [0.1, 0.15) is 46.5 Å². The largest absolute Gasteiger partial charge is 0.466 e. The summed E-state index contributed by atoms with van der Waals surface area (Å²) in [7, 11) is 0. The van der Waals surface area contributed by atoms with Crippen LogP contribution < -0.4 is 0 Å². The van der Waals surface area contributed by atoms with Crippen LogP contribution in [0.2, 0.25) is 0 Å². The molecule has 0 spiro atoms. The summed E-state index contributed by atoms with van der Waals surface area (Å²) in [5.41, 5.74) is -0.413. The molecule has 0 heterocycles. The molecule has 0 aliphatic heterocycles. The molecule has 1 fully saturated rings. The number of hydrogen-bond donors (Lipinski definition) is 0. The van der Waals surface area contributed by atoms with E-state index in [1.807, 2.05) is 20.8 Å². The van der Waals surface area contributed by atoms with Crippen molar-refractivity contribution >= 4 is 11.8 Å². The maximum atomic E-state index is 11.9. The van der Waals surface area contributed by atoms with Crippen LogP contribution in [-0.2, 0) is 14.3 Å². The Bertz CT molecular complexity index is 246. The highest BCUT2D eigenvalue weighted by Gasteiger charge is 2.45. The zero-order chi connectivity index (χ0) is 11.5. The van der Waals surface area contributed by atoms with Gasteiger partial charge in [0.25, 0.3) is 0 Å². The standard InChI is InChI=1S/C12H20O3/c1-4-15-11(14)12(9(2)3)7-5-10(13)6-8-12/h9H,4-8H2,1-3H3. The molecule has 0 N–H and O–H groups in total. The van der Waals surface area contributed by atoms with E-state index in [2.05, 4.69) is 0 Å². The highest BCUT2D eigenvalue weighted by atomic mass is 16.5. The number of carbonyl (C=O) groups is 2. The van der Waals surface area contributed by atoms with E-state index in [4.69, 9.17) is 4.74 Å². The molecule has 0 aromatic heterocycles. The predicted molar refractivity (Wildman–Crippen MR) is 57.4 cm³/mol. The van der Waals surface area contributed by atoms with Crippen LogP contribution in [0, 0.1) is 11.3 Å². The SMILES string of the molecule is CCOC(=O)C1(C(C)C)CCC(=O)CC1. The van der Waals surface area contributed by atoms with Gasteiger partial charge in [-0.1, -0.05) is 13.8 Å². The fraction of sp³-hybridized carbons (Fsp3) is 0.833. The number of rotatable bonds is 3. The number of ketones is 1. The fourth-order valence-corrected chi connectivity index (χ4v) is 2.27. The Kier molecular flexibility index (Phi) is 3.89. The Hall–Kier alpha value is -0.860. The molecule has 0 saturated heterocycles. The van der Waals surface area contributed by atoms with Crippen molar-refractivity contribution in [1.29, 1.82) is 0 Å². The maximum absolute atomic E-state index is 11.9. The molecule has 0 aromatic carbocycles. The van der Waals surface area contributed by atoms with Crippen LogP contribution in [0.3, 0.4) is 0 Å². The lowest BCUT2D eigenvalue weighted by atomic mass is 9.67. The van der Waals surface area contributed by atoms with Crippen molar-refractivity contribution in [2.24, 2.45) is 11.3 Å². The van der Waals surface area contributed by atoms with Crippen LogP contribution in [0.15, 0.2) is 0 Å². The summed E-state index contributed by atoms with van der Waals surface area (Å²) in [5.74, 6) is 0.396. The summed E-state index contributed by atoms with van der Waals surface area (Å²) in [6.45, 7) is 6.31. The number of Topliss-reactive ketones (excluding diaryl/α,β-unsaturated/α-hetero) is 1. The first kappa shape index (κ1) is 12.2. The summed E-state index contributed by atoms with van der Waals surface area (Å²) in [5, 5.41) is 0. The van der Waals surface area contributed by atoms with Crippen molar-refractivity contribution in [2.45, 2.75) is 46.5 Å². The molecule has 0 aromatic rings. The van der Waals surface area contributed by atoms with Crippen molar-refractivity contribution in [2.75, 3.05) is 6.61 Å². The van der Waals surface area contributed by atoms with Gasteiger partial charge in [-0.25, -0.2) is 0 Å². The predicted octanol–water partition coefficient (Wildman–Crippen LogP) is 2.33. The average molecular weight is 212 g/mol. The third-order valence-corrected chi connectivity index (χ3v) is 3.49. The molecule has 86 valence electrons. The summed E-state index contributed by atoms with van der Waals surface area (Å²) >= 11 is 0. The van der Waals surface area contributed by atoms with Crippen LogP contribution in [0.25, 0.3) is 0 Å². The number of ether oxygens (including phenoxy) is 1. The first-order valence-electron chi connectivity index (χ1n) is 5.72. The Morgan fingerprint density at radius 1 is 1.40 bits per heavy atom. The van der Waals surface area contributed by atoms with E-state index in [0.717, 1.165) is 0 Å². The van der Waals surface area contributed by atoms with E-state index in [0.29, 0.717) is 32.3 Å². The summed E-state index contributed by atoms with van der Waals surface area (Å²) < 4.78 is 5.13. The minimum Gasteiger partial charge on any atom is -0.466 e. The normalized spacial score (nSPS) is 20.4. The lowest BCUT2D eigenvalue weighted by Gasteiger charge is -2.37. The molecule has 1 aliphatic rings. The van der Waals surface area contributed by atoms with E-state index < -0.39 is 5.41 Å². The van der Waals surface area contributed by atoms with Gasteiger partial charge in [-0.15, -0.1) is 0 Å². The molecule has 1 rings (SSSR count). The van der Waals surface area contributed by atoms with Crippen molar-refractivity contribution in [3.8, 4) is 0 Å². The second-order valence-corrected chi connectivity index (χ2v) is 4.57. The van der Waals surface area contributed by atoms with E-state index >= 15 is 0 Å². The molecule has 0 bridgehead atoms. The second-order valence-electron chi connectivity index (χ2n) is 4.57. The number of hydrogen-bond acceptors (Lipinski definition) is 3. The Balaban J connectivity index is 2.79. The molecule has 0 radical (unpaired) electrons.